The third kappa shape index (κ3) is 4.89. The lowest BCUT2D eigenvalue weighted by Gasteiger charge is -2.26. The van der Waals surface area contributed by atoms with Gasteiger partial charge in [-0.15, -0.1) is 0 Å². The second kappa shape index (κ2) is 9.72. The molecule has 174 valence electrons. The van der Waals surface area contributed by atoms with Crippen molar-refractivity contribution in [3.63, 3.8) is 0 Å². The highest BCUT2D eigenvalue weighted by molar-refractivity contribution is 7.89. The summed E-state index contributed by atoms with van der Waals surface area (Å²) in [4.78, 5) is 12.8. The monoisotopic (exact) mass is 460 g/mol. The van der Waals surface area contributed by atoms with Gasteiger partial charge in [-0.3, -0.25) is 9.48 Å². The first-order valence-electron chi connectivity index (χ1n) is 11.4. The minimum atomic E-state index is -3.61. The number of hydrogen-bond acceptors (Lipinski definition) is 5. The fourth-order valence-corrected chi connectivity index (χ4v) is 6.35. The molecule has 1 aromatic carbocycles. The van der Waals surface area contributed by atoms with Crippen molar-refractivity contribution in [2.24, 2.45) is 0 Å². The van der Waals surface area contributed by atoms with Crippen LogP contribution in [0.4, 0.5) is 0 Å². The minimum Gasteiger partial charge on any atom is -0.379 e. The van der Waals surface area contributed by atoms with E-state index in [2.05, 4.69) is 10.4 Å². The average molecular weight is 461 g/mol. The van der Waals surface area contributed by atoms with Crippen LogP contribution in [0.25, 0.3) is 0 Å². The van der Waals surface area contributed by atoms with Gasteiger partial charge in [-0.25, -0.2) is 8.42 Å². The molecule has 2 fully saturated rings. The van der Waals surface area contributed by atoms with E-state index in [1.807, 2.05) is 24.3 Å². The fourth-order valence-electron chi connectivity index (χ4n) is 4.57. The van der Waals surface area contributed by atoms with Crippen LogP contribution in [0.3, 0.4) is 0 Å². The maximum atomic E-state index is 13.2. The van der Waals surface area contributed by atoms with Gasteiger partial charge in [0.25, 0.3) is 5.91 Å². The number of nitrogens with one attached hydrogen (secondary N) is 1. The van der Waals surface area contributed by atoms with Crippen LogP contribution in [-0.4, -0.2) is 60.8 Å². The van der Waals surface area contributed by atoms with E-state index in [9.17, 15) is 13.2 Å². The van der Waals surface area contributed by atoms with E-state index in [-0.39, 0.29) is 16.8 Å². The molecule has 1 aromatic heterocycles. The maximum Gasteiger partial charge on any atom is 0.251 e. The Bertz CT molecular complexity index is 1050. The van der Waals surface area contributed by atoms with Crippen LogP contribution in [-0.2, 0) is 21.3 Å². The van der Waals surface area contributed by atoms with Crippen molar-refractivity contribution in [1.29, 1.82) is 0 Å². The van der Waals surface area contributed by atoms with Crippen LogP contribution in [0, 0.1) is 13.8 Å². The molecule has 1 aliphatic heterocycles. The Morgan fingerprint density at radius 3 is 2.41 bits per heavy atom. The number of aromatic nitrogens is 2. The van der Waals surface area contributed by atoms with Crippen molar-refractivity contribution < 1.29 is 17.9 Å². The Morgan fingerprint density at radius 2 is 1.75 bits per heavy atom. The number of morpholine rings is 1. The van der Waals surface area contributed by atoms with Gasteiger partial charge in [-0.05, 0) is 44.4 Å². The molecular weight excluding hydrogens is 428 g/mol. The van der Waals surface area contributed by atoms with Crippen molar-refractivity contribution >= 4 is 15.9 Å². The van der Waals surface area contributed by atoms with E-state index in [4.69, 9.17) is 4.74 Å². The first-order chi connectivity index (χ1) is 15.4. The first-order valence-corrected chi connectivity index (χ1v) is 12.8. The lowest BCUT2D eigenvalue weighted by molar-refractivity contribution is 0.0730. The molecule has 2 heterocycles. The number of ether oxygens (including phenoxy) is 1. The number of rotatable bonds is 6. The third-order valence-electron chi connectivity index (χ3n) is 6.37. The van der Waals surface area contributed by atoms with Crippen molar-refractivity contribution in [2.45, 2.75) is 63.4 Å². The van der Waals surface area contributed by atoms with Crippen molar-refractivity contribution in [3.8, 4) is 0 Å². The molecular formula is C23H32N4O4S. The molecule has 1 saturated carbocycles. The van der Waals surface area contributed by atoms with Crippen LogP contribution in [0.5, 0.6) is 0 Å². The Kier molecular flexibility index (Phi) is 6.97. The Labute approximate surface area is 190 Å². The van der Waals surface area contributed by atoms with Gasteiger partial charge in [0.05, 0.1) is 31.1 Å². The molecule has 0 spiro atoms. The van der Waals surface area contributed by atoms with Gasteiger partial charge in [0.1, 0.15) is 4.90 Å². The second-order valence-electron chi connectivity index (χ2n) is 8.68. The first kappa shape index (κ1) is 22.9. The van der Waals surface area contributed by atoms with Crippen LogP contribution in [0.2, 0.25) is 0 Å². The number of benzene rings is 1. The highest BCUT2D eigenvalue weighted by Crippen LogP contribution is 2.25. The maximum absolute atomic E-state index is 13.2. The van der Waals surface area contributed by atoms with E-state index in [1.54, 1.807) is 18.5 Å². The van der Waals surface area contributed by atoms with Gasteiger partial charge in [0.15, 0.2) is 0 Å². The number of hydrogen-bond donors (Lipinski definition) is 1. The molecule has 0 unspecified atom stereocenters. The largest absolute Gasteiger partial charge is 0.379 e. The summed E-state index contributed by atoms with van der Waals surface area (Å²) in [6.45, 7) is 5.50. The molecule has 8 nitrogen and oxygen atoms in total. The predicted octanol–water partition coefficient (Wildman–Crippen LogP) is 2.63. The number of carbonyl (C=O) groups excluding carboxylic acids is 1. The number of carbonyl (C=O) groups is 1. The van der Waals surface area contributed by atoms with E-state index in [1.165, 1.54) is 23.6 Å². The standard InChI is InChI=1S/C23H32N4O4S/c1-17-22(32(29,30)26-12-14-31-15-13-26)18(2)27(25-17)16-19-8-10-20(11-9-19)23(28)24-21-6-4-3-5-7-21/h8-11,21H,3-7,12-16H2,1-2H3,(H,24,28). The SMILES string of the molecule is Cc1nn(Cc2ccc(C(=O)NC3CCCCC3)cc2)c(C)c1S(=O)(=O)N1CCOCC1. The molecule has 32 heavy (non-hydrogen) atoms. The smallest absolute Gasteiger partial charge is 0.251 e. The molecule has 0 radical (unpaired) electrons. The molecule has 2 aliphatic rings. The second-order valence-corrected chi connectivity index (χ2v) is 10.6. The molecule has 1 N–H and O–H groups in total. The summed E-state index contributed by atoms with van der Waals surface area (Å²) in [5.74, 6) is -0.0338. The Hall–Kier alpha value is -2.23. The summed E-state index contributed by atoms with van der Waals surface area (Å²) in [5, 5.41) is 7.64. The van der Waals surface area contributed by atoms with Crippen LogP contribution >= 0.6 is 0 Å². The van der Waals surface area contributed by atoms with Crippen molar-refractivity contribution in [1.82, 2.24) is 19.4 Å². The van der Waals surface area contributed by atoms with Gasteiger partial charge in [-0.2, -0.15) is 9.40 Å². The van der Waals surface area contributed by atoms with Gasteiger partial charge < -0.3 is 10.1 Å². The molecule has 4 rings (SSSR count). The Morgan fingerprint density at radius 1 is 1.09 bits per heavy atom. The van der Waals surface area contributed by atoms with Crippen molar-refractivity contribution in [3.05, 3.63) is 46.8 Å². The minimum absolute atomic E-state index is 0.0338. The zero-order valence-corrected chi connectivity index (χ0v) is 19.7. The number of sulfonamides is 1. The molecule has 1 saturated heterocycles. The molecule has 1 amide bonds. The Balaban J connectivity index is 1.46. The summed E-state index contributed by atoms with van der Waals surface area (Å²) in [6, 6.07) is 7.73. The number of aryl methyl sites for hydroxylation is 1. The van der Waals surface area contributed by atoms with Crippen LogP contribution in [0.1, 0.15) is 59.4 Å². The predicted molar refractivity (Wildman–Crippen MR) is 121 cm³/mol. The molecule has 2 aromatic rings. The van der Waals surface area contributed by atoms with Gasteiger partial charge in [0.2, 0.25) is 10.0 Å². The summed E-state index contributed by atoms with van der Waals surface area (Å²) in [5.41, 5.74) is 2.72. The van der Waals surface area contributed by atoms with Gasteiger partial charge in [0, 0.05) is 24.7 Å². The summed E-state index contributed by atoms with van der Waals surface area (Å²) in [6.07, 6.45) is 5.71. The van der Waals surface area contributed by atoms with E-state index < -0.39 is 10.0 Å². The summed E-state index contributed by atoms with van der Waals surface area (Å²) >= 11 is 0. The summed E-state index contributed by atoms with van der Waals surface area (Å²) in [7, 11) is -3.61. The number of nitrogens with zero attached hydrogens (tertiary/aromatic N) is 3. The van der Waals surface area contributed by atoms with E-state index >= 15 is 0 Å². The zero-order valence-electron chi connectivity index (χ0n) is 18.8. The van der Waals surface area contributed by atoms with Gasteiger partial charge >= 0.3 is 0 Å². The molecule has 1 aliphatic carbocycles. The normalized spacial score (nSPS) is 18.6. The topological polar surface area (TPSA) is 93.5 Å². The van der Waals surface area contributed by atoms with Crippen molar-refractivity contribution in [2.75, 3.05) is 26.3 Å². The molecule has 9 heteroatoms. The quantitative estimate of drug-likeness (QED) is 0.715. The lowest BCUT2D eigenvalue weighted by atomic mass is 9.95. The van der Waals surface area contributed by atoms with Gasteiger partial charge in [-0.1, -0.05) is 31.4 Å². The summed E-state index contributed by atoms with van der Waals surface area (Å²) < 4.78 is 34.8. The highest BCUT2D eigenvalue weighted by atomic mass is 32.2. The van der Waals surface area contributed by atoms with E-state index in [0.29, 0.717) is 49.8 Å². The highest BCUT2D eigenvalue weighted by Gasteiger charge is 2.32. The van der Waals surface area contributed by atoms with Crippen LogP contribution in [0.15, 0.2) is 29.2 Å². The average Bonchev–Trinajstić information content (AvgIpc) is 3.08. The fraction of sp³-hybridized carbons (Fsp3) is 0.565. The third-order valence-corrected chi connectivity index (χ3v) is 8.52. The molecule has 0 atom stereocenters. The zero-order chi connectivity index (χ0) is 22.7. The van der Waals surface area contributed by atoms with E-state index in [0.717, 1.165) is 18.4 Å². The molecule has 0 bridgehead atoms. The van der Waals surface area contributed by atoms with Crippen LogP contribution < -0.4 is 5.32 Å². The number of amides is 1. The lowest BCUT2D eigenvalue weighted by Crippen LogP contribution is -2.41.